The van der Waals surface area contributed by atoms with Crippen LogP contribution in [0, 0.1) is 19.8 Å². The molecule has 1 atom stereocenters. The van der Waals surface area contributed by atoms with E-state index in [1.165, 1.54) is 0 Å². The molecule has 0 spiro atoms. The molecule has 0 N–H and O–H groups in total. The molecule has 0 saturated carbocycles. The number of hydrogen-bond donors (Lipinski definition) is 0. The molecule has 2 heterocycles. The van der Waals surface area contributed by atoms with Crippen molar-refractivity contribution in [3.05, 3.63) is 47.3 Å². The number of para-hydroxylation sites is 1. The second-order valence-corrected chi connectivity index (χ2v) is 6.37. The van der Waals surface area contributed by atoms with Crippen molar-refractivity contribution in [2.24, 2.45) is 5.92 Å². The molecule has 0 aliphatic carbocycles. The van der Waals surface area contributed by atoms with E-state index in [4.69, 9.17) is 4.74 Å². The Morgan fingerprint density at radius 3 is 2.64 bits per heavy atom. The molecular formula is C19H23N3O3. The van der Waals surface area contributed by atoms with Crippen LogP contribution in [0.1, 0.15) is 35.1 Å². The Kier molecular flexibility index (Phi) is 4.88. The Labute approximate surface area is 147 Å². The summed E-state index contributed by atoms with van der Waals surface area (Å²) in [5.74, 6) is -0.280. The average molecular weight is 341 g/mol. The van der Waals surface area contributed by atoms with Crippen LogP contribution in [0.3, 0.4) is 0 Å². The van der Waals surface area contributed by atoms with Gasteiger partial charge in [-0.2, -0.15) is 5.10 Å². The number of aryl methyl sites for hydroxylation is 2. The van der Waals surface area contributed by atoms with Crippen LogP contribution in [0.2, 0.25) is 0 Å². The van der Waals surface area contributed by atoms with Crippen molar-refractivity contribution in [2.45, 2.75) is 33.7 Å². The molecule has 6 heteroatoms. The molecule has 6 nitrogen and oxygen atoms in total. The SMILES string of the molecule is CCn1nc(C)c(C(=O)OC[C@H]2CC(=O)N(c3ccccc3)C2)c1C. The molecule has 1 aromatic carbocycles. The van der Waals surface area contributed by atoms with E-state index < -0.39 is 0 Å². The number of anilines is 1. The monoisotopic (exact) mass is 341 g/mol. The molecule has 1 amide bonds. The fourth-order valence-electron chi connectivity index (χ4n) is 3.32. The van der Waals surface area contributed by atoms with Gasteiger partial charge in [-0.1, -0.05) is 18.2 Å². The van der Waals surface area contributed by atoms with Crippen molar-refractivity contribution in [1.82, 2.24) is 9.78 Å². The quantitative estimate of drug-likeness (QED) is 0.785. The normalized spacial score (nSPS) is 17.2. The van der Waals surface area contributed by atoms with E-state index >= 15 is 0 Å². The summed E-state index contributed by atoms with van der Waals surface area (Å²) in [5, 5.41) is 4.35. The van der Waals surface area contributed by atoms with Crippen LogP contribution in [-0.2, 0) is 16.1 Å². The second-order valence-electron chi connectivity index (χ2n) is 6.37. The number of carbonyl (C=O) groups excluding carboxylic acids is 2. The van der Waals surface area contributed by atoms with Crippen molar-refractivity contribution >= 4 is 17.6 Å². The summed E-state index contributed by atoms with van der Waals surface area (Å²) in [6.07, 6.45) is 0.397. The third-order valence-electron chi connectivity index (χ3n) is 4.61. The van der Waals surface area contributed by atoms with E-state index in [1.807, 2.05) is 51.1 Å². The summed E-state index contributed by atoms with van der Waals surface area (Å²) in [7, 11) is 0. The van der Waals surface area contributed by atoms with Crippen molar-refractivity contribution in [3.63, 3.8) is 0 Å². The molecule has 1 saturated heterocycles. The van der Waals surface area contributed by atoms with Gasteiger partial charge in [0.25, 0.3) is 0 Å². The maximum absolute atomic E-state index is 12.4. The zero-order valence-electron chi connectivity index (χ0n) is 14.9. The maximum Gasteiger partial charge on any atom is 0.341 e. The molecule has 3 rings (SSSR count). The summed E-state index contributed by atoms with van der Waals surface area (Å²) in [6.45, 7) is 7.19. The number of esters is 1. The number of carbonyl (C=O) groups is 2. The van der Waals surface area contributed by atoms with Crippen molar-refractivity contribution in [1.29, 1.82) is 0 Å². The lowest BCUT2D eigenvalue weighted by molar-refractivity contribution is -0.117. The lowest BCUT2D eigenvalue weighted by atomic mass is 10.1. The smallest absolute Gasteiger partial charge is 0.341 e. The molecule has 1 aliphatic rings. The molecular weight excluding hydrogens is 318 g/mol. The van der Waals surface area contributed by atoms with Crippen molar-refractivity contribution in [3.8, 4) is 0 Å². The number of hydrogen-bond acceptors (Lipinski definition) is 4. The van der Waals surface area contributed by atoms with Crippen LogP contribution < -0.4 is 4.90 Å². The van der Waals surface area contributed by atoms with E-state index in [0.29, 0.717) is 30.8 Å². The van der Waals surface area contributed by atoms with Crippen LogP contribution >= 0.6 is 0 Å². The minimum atomic E-state index is -0.361. The number of benzene rings is 1. The highest BCUT2D eigenvalue weighted by Crippen LogP contribution is 2.25. The Balaban J connectivity index is 1.62. The molecule has 25 heavy (non-hydrogen) atoms. The third-order valence-corrected chi connectivity index (χ3v) is 4.61. The lowest BCUT2D eigenvalue weighted by Gasteiger charge is -2.16. The van der Waals surface area contributed by atoms with Gasteiger partial charge in [0, 0.05) is 31.1 Å². The minimum absolute atomic E-state index is 0.0125. The van der Waals surface area contributed by atoms with Crippen LogP contribution in [0.25, 0.3) is 0 Å². The fraction of sp³-hybridized carbons (Fsp3) is 0.421. The van der Waals surface area contributed by atoms with Gasteiger partial charge < -0.3 is 9.64 Å². The van der Waals surface area contributed by atoms with Gasteiger partial charge in [0.2, 0.25) is 5.91 Å². The first-order chi connectivity index (χ1) is 12.0. The molecule has 1 aromatic heterocycles. The minimum Gasteiger partial charge on any atom is -0.462 e. The predicted octanol–water partition coefficient (Wildman–Crippen LogP) is 2.73. The molecule has 0 unspecified atom stereocenters. The van der Waals surface area contributed by atoms with Crippen LogP contribution in [0.5, 0.6) is 0 Å². The summed E-state index contributed by atoms with van der Waals surface area (Å²) >= 11 is 0. The molecule has 0 bridgehead atoms. The first-order valence-electron chi connectivity index (χ1n) is 8.57. The molecule has 1 aliphatic heterocycles. The topological polar surface area (TPSA) is 64.4 Å². The first-order valence-corrected chi connectivity index (χ1v) is 8.57. The van der Waals surface area contributed by atoms with Gasteiger partial charge >= 0.3 is 5.97 Å². The van der Waals surface area contributed by atoms with E-state index in [1.54, 1.807) is 9.58 Å². The van der Waals surface area contributed by atoms with Gasteiger partial charge in [-0.25, -0.2) is 4.79 Å². The number of aromatic nitrogens is 2. The molecule has 1 fully saturated rings. The summed E-state index contributed by atoms with van der Waals surface area (Å²) in [4.78, 5) is 26.4. The molecule has 0 radical (unpaired) electrons. The maximum atomic E-state index is 12.4. The summed E-state index contributed by atoms with van der Waals surface area (Å²) < 4.78 is 7.29. The second kappa shape index (κ2) is 7.09. The zero-order chi connectivity index (χ0) is 18.0. The number of nitrogens with zero attached hydrogens (tertiary/aromatic N) is 3. The lowest BCUT2D eigenvalue weighted by Crippen LogP contribution is -2.25. The van der Waals surface area contributed by atoms with Gasteiger partial charge in [-0.15, -0.1) is 0 Å². The van der Waals surface area contributed by atoms with E-state index in [9.17, 15) is 9.59 Å². The Morgan fingerprint density at radius 1 is 1.28 bits per heavy atom. The van der Waals surface area contributed by atoms with Gasteiger partial charge in [0.15, 0.2) is 0 Å². The Morgan fingerprint density at radius 2 is 2.00 bits per heavy atom. The zero-order valence-corrected chi connectivity index (χ0v) is 14.9. The number of rotatable bonds is 5. The van der Waals surface area contributed by atoms with Gasteiger partial charge in [-0.3, -0.25) is 9.48 Å². The number of ether oxygens (including phenoxy) is 1. The Bertz CT molecular complexity index is 783. The largest absolute Gasteiger partial charge is 0.462 e. The average Bonchev–Trinajstić information content (AvgIpc) is 3.12. The highest BCUT2D eigenvalue weighted by molar-refractivity contribution is 5.96. The first kappa shape index (κ1) is 17.2. The van der Waals surface area contributed by atoms with E-state index in [0.717, 1.165) is 11.4 Å². The highest BCUT2D eigenvalue weighted by Gasteiger charge is 2.32. The Hall–Kier alpha value is -2.63. The summed E-state index contributed by atoms with van der Waals surface area (Å²) in [5.41, 5.74) is 2.92. The van der Waals surface area contributed by atoms with Gasteiger partial charge in [0.05, 0.1) is 18.0 Å². The highest BCUT2D eigenvalue weighted by atomic mass is 16.5. The van der Waals surface area contributed by atoms with Gasteiger partial charge in [-0.05, 0) is 32.9 Å². The van der Waals surface area contributed by atoms with Crippen LogP contribution in [0.4, 0.5) is 5.69 Å². The molecule has 2 aromatic rings. The predicted molar refractivity (Wildman–Crippen MR) is 94.6 cm³/mol. The summed E-state index contributed by atoms with van der Waals surface area (Å²) in [6, 6.07) is 9.57. The van der Waals surface area contributed by atoms with E-state index in [2.05, 4.69) is 5.10 Å². The van der Waals surface area contributed by atoms with E-state index in [-0.39, 0.29) is 24.4 Å². The molecule has 132 valence electrons. The van der Waals surface area contributed by atoms with Crippen LogP contribution in [-0.4, -0.2) is 34.8 Å². The van der Waals surface area contributed by atoms with Crippen molar-refractivity contribution < 1.29 is 14.3 Å². The van der Waals surface area contributed by atoms with Gasteiger partial charge in [0.1, 0.15) is 5.56 Å². The van der Waals surface area contributed by atoms with Crippen molar-refractivity contribution in [2.75, 3.05) is 18.1 Å². The fourth-order valence-corrected chi connectivity index (χ4v) is 3.32. The van der Waals surface area contributed by atoms with Crippen LogP contribution in [0.15, 0.2) is 30.3 Å². The standard InChI is InChI=1S/C19H23N3O3/c1-4-22-14(3)18(13(2)20-22)19(24)25-12-15-10-17(23)21(11-15)16-8-6-5-7-9-16/h5-9,15H,4,10-12H2,1-3H3/t15-/m0/s1. The number of amides is 1. The third kappa shape index (κ3) is 3.43.